The third-order valence-corrected chi connectivity index (χ3v) is 8.28. The molecule has 0 unspecified atom stereocenters. The van der Waals surface area contributed by atoms with E-state index < -0.39 is 6.09 Å². The number of unbranched alkanes of at least 4 members (excludes halogenated alkanes) is 3. The standard InChI is InChI=1S/C39H60ClNO11/c40-13-7-1-2-8-15-43-17-19-45-21-23-47-25-27-49-29-31-51-32-30-50-28-26-48-24-22-46-20-18-44-16-14-41-39(42)52-33-38-36-11-5-3-9-34(36)35-10-4-6-12-37(35)38/h3-6,9-12,38H,1-2,7-8,13-33H2,(H,41,42). The molecular weight excluding hydrogens is 694 g/mol. The third kappa shape index (κ3) is 20.2. The van der Waals surface area contributed by atoms with Gasteiger partial charge in [0.1, 0.15) is 6.61 Å². The van der Waals surface area contributed by atoms with Crippen LogP contribution in [-0.2, 0) is 47.4 Å². The van der Waals surface area contributed by atoms with Gasteiger partial charge < -0.3 is 52.7 Å². The van der Waals surface area contributed by atoms with E-state index in [2.05, 4.69) is 29.6 Å². The van der Waals surface area contributed by atoms with Crippen molar-refractivity contribution in [2.24, 2.45) is 0 Å². The molecule has 13 heteroatoms. The average Bonchev–Trinajstić information content (AvgIpc) is 3.49. The highest BCUT2D eigenvalue weighted by Gasteiger charge is 2.28. The van der Waals surface area contributed by atoms with Gasteiger partial charge in [0.25, 0.3) is 0 Å². The van der Waals surface area contributed by atoms with Crippen molar-refractivity contribution in [1.82, 2.24) is 5.32 Å². The molecule has 2 aromatic carbocycles. The van der Waals surface area contributed by atoms with Gasteiger partial charge in [-0.15, -0.1) is 11.6 Å². The maximum atomic E-state index is 12.2. The van der Waals surface area contributed by atoms with Gasteiger partial charge >= 0.3 is 6.09 Å². The first kappa shape index (κ1) is 44.0. The van der Waals surface area contributed by atoms with Gasteiger partial charge in [-0.3, -0.25) is 0 Å². The molecule has 12 nitrogen and oxygen atoms in total. The molecule has 1 N–H and O–H groups in total. The van der Waals surface area contributed by atoms with Gasteiger partial charge in [0, 0.05) is 24.9 Å². The first-order valence-corrected chi connectivity index (χ1v) is 19.2. The number of amides is 1. The maximum Gasteiger partial charge on any atom is 0.407 e. The van der Waals surface area contributed by atoms with Gasteiger partial charge in [-0.25, -0.2) is 4.79 Å². The normalized spacial score (nSPS) is 12.2. The van der Waals surface area contributed by atoms with Crippen molar-refractivity contribution in [2.45, 2.75) is 31.6 Å². The Hall–Kier alpha value is -2.36. The molecule has 1 aliphatic carbocycles. The van der Waals surface area contributed by atoms with Crippen LogP contribution in [0.3, 0.4) is 0 Å². The van der Waals surface area contributed by atoms with E-state index >= 15 is 0 Å². The van der Waals surface area contributed by atoms with Crippen LogP contribution in [0.15, 0.2) is 48.5 Å². The topological polar surface area (TPSA) is 121 Å². The minimum absolute atomic E-state index is 0.0392. The summed E-state index contributed by atoms with van der Waals surface area (Å²) in [5.74, 6) is 0.779. The summed E-state index contributed by atoms with van der Waals surface area (Å²) in [5.41, 5.74) is 4.78. The Morgan fingerprint density at radius 2 is 0.846 bits per heavy atom. The van der Waals surface area contributed by atoms with Crippen molar-refractivity contribution in [1.29, 1.82) is 0 Å². The van der Waals surface area contributed by atoms with Crippen LogP contribution in [0.1, 0.15) is 42.7 Å². The van der Waals surface area contributed by atoms with Crippen molar-refractivity contribution in [2.75, 3.05) is 138 Å². The van der Waals surface area contributed by atoms with Crippen LogP contribution in [0, 0.1) is 0 Å². The number of halogens is 1. The fourth-order valence-electron chi connectivity index (χ4n) is 5.39. The second-order valence-electron chi connectivity index (χ2n) is 11.9. The highest BCUT2D eigenvalue weighted by Crippen LogP contribution is 2.44. The molecule has 2 aromatic rings. The summed E-state index contributed by atoms with van der Waals surface area (Å²) in [6.45, 7) is 9.92. The van der Waals surface area contributed by atoms with Gasteiger partial charge in [-0.2, -0.15) is 0 Å². The molecule has 0 bridgehead atoms. The number of carbonyl (C=O) groups is 1. The van der Waals surface area contributed by atoms with E-state index in [1.807, 2.05) is 24.3 Å². The van der Waals surface area contributed by atoms with Gasteiger partial charge in [0.15, 0.2) is 0 Å². The summed E-state index contributed by atoms with van der Waals surface area (Å²) in [6.07, 6.45) is 4.03. The lowest BCUT2D eigenvalue weighted by Gasteiger charge is -2.14. The molecule has 0 spiro atoms. The van der Waals surface area contributed by atoms with E-state index in [1.54, 1.807) is 0 Å². The van der Waals surface area contributed by atoms with Crippen LogP contribution in [0.5, 0.6) is 0 Å². The van der Waals surface area contributed by atoms with Crippen LogP contribution in [0.25, 0.3) is 11.1 Å². The Morgan fingerprint density at radius 1 is 0.481 bits per heavy atom. The Morgan fingerprint density at radius 3 is 1.27 bits per heavy atom. The second kappa shape index (κ2) is 31.0. The van der Waals surface area contributed by atoms with Crippen LogP contribution in [0.2, 0.25) is 0 Å². The number of ether oxygens (including phenoxy) is 10. The quantitative estimate of drug-likeness (QED) is 0.0713. The molecule has 52 heavy (non-hydrogen) atoms. The maximum absolute atomic E-state index is 12.2. The molecule has 0 fully saturated rings. The average molecular weight is 754 g/mol. The van der Waals surface area contributed by atoms with Crippen LogP contribution < -0.4 is 5.32 Å². The van der Waals surface area contributed by atoms with E-state index in [0.29, 0.717) is 119 Å². The molecule has 1 amide bonds. The van der Waals surface area contributed by atoms with Gasteiger partial charge in [0.05, 0.1) is 112 Å². The lowest BCUT2D eigenvalue weighted by atomic mass is 9.98. The van der Waals surface area contributed by atoms with Crippen LogP contribution >= 0.6 is 11.6 Å². The minimum Gasteiger partial charge on any atom is -0.449 e. The van der Waals surface area contributed by atoms with Crippen molar-refractivity contribution in [3.05, 3.63) is 59.7 Å². The van der Waals surface area contributed by atoms with Crippen molar-refractivity contribution in [3.8, 4) is 11.1 Å². The summed E-state index contributed by atoms with van der Waals surface area (Å²) >= 11 is 5.66. The number of hydrogen-bond acceptors (Lipinski definition) is 11. The molecule has 0 atom stereocenters. The smallest absolute Gasteiger partial charge is 0.407 e. The zero-order valence-corrected chi connectivity index (χ0v) is 31.5. The summed E-state index contributed by atoms with van der Waals surface area (Å²) in [6, 6.07) is 16.5. The fraction of sp³-hybridized carbons (Fsp3) is 0.667. The van der Waals surface area contributed by atoms with Gasteiger partial charge in [0.2, 0.25) is 0 Å². The molecular formula is C39H60ClNO11. The first-order valence-electron chi connectivity index (χ1n) is 18.7. The fourth-order valence-corrected chi connectivity index (χ4v) is 5.58. The molecule has 0 aromatic heterocycles. The highest BCUT2D eigenvalue weighted by molar-refractivity contribution is 6.17. The Labute approximate surface area is 314 Å². The van der Waals surface area contributed by atoms with Crippen molar-refractivity contribution >= 4 is 17.7 Å². The highest BCUT2D eigenvalue weighted by atomic mass is 35.5. The number of fused-ring (bicyclic) bond motifs is 3. The number of alkyl halides is 1. The Kier molecular flexibility index (Phi) is 26.3. The summed E-state index contributed by atoms with van der Waals surface area (Å²) in [7, 11) is 0. The second-order valence-corrected chi connectivity index (χ2v) is 12.2. The largest absolute Gasteiger partial charge is 0.449 e. The van der Waals surface area contributed by atoms with Crippen molar-refractivity contribution < 1.29 is 52.2 Å². The molecule has 294 valence electrons. The van der Waals surface area contributed by atoms with E-state index in [0.717, 1.165) is 31.7 Å². The molecule has 0 radical (unpaired) electrons. The number of nitrogens with one attached hydrogen (secondary N) is 1. The molecule has 1 aliphatic rings. The SMILES string of the molecule is O=C(NCCOCCOCCOCCOCCOCCOCCOCCOCCOCCCCCCCl)OCC1c2ccccc2-c2ccccc21. The summed E-state index contributed by atoms with van der Waals surface area (Å²) < 4.78 is 55.1. The van der Waals surface area contributed by atoms with Crippen LogP contribution in [-0.4, -0.2) is 144 Å². The van der Waals surface area contributed by atoms with Gasteiger partial charge in [-0.05, 0) is 35.1 Å². The summed E-state index contributed by atoms with van der Waals surface area (Å²) in [5, 5.41) is 2.74. The third-order valence-electron chi connectivity index (χ3n) is 8.01. The molecule has 3 rings (SSSR count). The summed E-state index contributed by atoms with van der Waals surface area (Å²) in [4.78, 5) is 12.2. The number of benzene rings is 2. The van der Waals surface area contributed by atoms with E-state index in [4.69, 9.17) is 59.0 Å². The lowest BCUT2D eigenvalue weighted by Crippen LogP contribution is -2.29. The minimum atomic E-state index is -0.450. The predicted octanol–water partition coefficient (Wildman–Crippen LogP) is 5.47. The molecule has 0 saturated carbocycles. The molecule has 0 heterocycles. The predicted molar refractivity (Wildman–Crippen MR) is 200 cm³/mol. The lowest BCUT2D eigenvalue weighted by molar-refractivity contribution is -0.0249. The molecule has 0 saturated heterocycles. The molecule has 0 aliphatic heterocycles. The first-order chi connectivity index (χ1) is 25.8. The zero-order valence-electron chi connectivity index (χ0n) is 30.7. The van der Waals surface area contributed by atoms with E-state index in [9.17, 15) is 4.79 Å². The number of alkyl carbamates (subject to hydrolysis) is 1. The number of rotatable bonds is 35. The van der Waals surface area contributed by atoms with E-state index in [1.165, 1.54) is 28.7 Å². The van der Waals surface area contributed by atoms with Crippen molar-refractivity contribution in [3.63, 3.8) is 0 Å². The van der Waals surface area contributed by atoms with Gasteiger partial charge in [-0.1, -0.05) is 61.4 Å². The zero-order chi connectivity index (χ0) is 36.6. The van der Waals surface area contributed by atoms with E-state index in [-0.39, 0.29) is 12.5 Å². The monoisotopic (exact) mass is 753 g/mol. The Balaban J connectivity index is 0.958. The Bertz CT molecular complexity index is 1120. The number of carbonyl (C=O) groups excluding carboxylic acids is 1. The van der Waals surface area contributed by atoms with Crippen LogP contribution in [0.4, 0.5) is 4.79 Å². The number of hydrogen-bond donors (Lipinski definition) is 1.